The summed E-state index contributed by atoms with van der Waals surface area (Å²) in [5, 5.41) is 3.01. The second kappa shape index (κ2) is 12.1. The van der Waals surface area contributed by atoms with Crippen LogP contribution >= 0.6 is 11.6 Å². The Bertz CT molecular complexity index is 1950. The zero-order valence-electron chi connectivity index (χ0n) is 25.2. The number of aromatic nitrogens is 3. The molecule has 2 heterocycles. The normalized spacial score (nSPS) is 12.0. The number of aryl methyl sites for hydroxylation is 1. The van der Waals surface area contributed by atoms with Gasteiger partial charge in [-0.15, -0.1) is 0 Å². The molecule has 2 aromatic heterocycles. The van der Waals surface area contributed by atoms with Gasteiger partial charge in [0, 0.05) is 31.7 Å². The van der Waals surface area contributed by atoms with Crippen molar-refractivity contribution < 1.29 is 41.0 Å². The molecule has 1 amide bonds. The molecule has 0 radical (unpaired) electrons. The van der Waals surface area contributed by atoms with Crippen molar-refractivity contribution in [3.63, 3.8) is 0 Å². The van der Waals surface area contributed by atoms with Crippen LogP contribution in [0.2, 0.25) is 5.02 Å². The molecule has 9 nitrogen and oxygen atoms in total. The van der Waals surface area contributed by atoms with Crippen molar-refractivity contribution in [1.82, 2.24) is 14.8 Å². The molecular formula is C32H27ClF4N4O5. The van der Waals surface area contributed by atoms with Crippen LogP contribution in [0.25, 0.3) is 16.8 Å². The first-order valence-corrected chi connectivity index (χ1v) is 14.2. The molecule has 0 atom stereocenters. The van der Waals surface area contributed by atoms with Gasteiger partial charge in [0.2, 0.25) is 0 Å². The van der Waals surface area contributed by atoms with Gasteiger partial charge < -0.3 is 18.8 Å². The number of alkyl halides is 3. The molecule has 14 heteroatoms. The Labute approximate surface area is 265 Å². The lowest BCUT2D eigenvalue weighted by Crippen LogP contribution is -2.27. The molecule has 0 aliphatic rings. The third-order valence-corrected chi connectivity index (χ3v) is 7.01. The van der Waals surface area contributed by atoms with Gasteiger partial charge >= 0.3 is 12.1 Å². The third kappa shape index (κ3) is 6.84. The van der Waals surface area contributed by atoms with Gasteiger partial charge in [0.25, 0.3) is 5.91 Å². The van der Waals surface area contributed by atoms with Crippen LogP contribution in [0.15, 0.2) is 65.1 Å². The van der Waals surface area contributed by atoms with Crippen LogP contribution < -0.4 is 9.64 Å². The molecule has 0 saturated heterocycles. The topological polar surface area (TPSA) is 99.7 Å². The van der Waals surface area contributed by atoms with Gasteiger partial charge in [-0.25, -0.2) is 18.9 Å². The predicted octanol–water partition coefficient (Wildman–Crippen LogP) is 7.94. The maximum Gasteiger partial charge on any atom is 0.436 e. The molecule has 0 fully saturated rings. The van der Waals surface area contributed by atoms with Crippen LogP contribution in [-0.2, 0) is 17.5 Å². The molecule has 0 spiro atoms. The van der Waals surface area contributed by atoms with Crippen molar-refractivity contribution in [1.29, 1.82) is 0 Å². The number of anilines is 1. The molecule has 46 heavy (non-hydrogen) atoms. The highest BCUT2D eigenvalue weighted by Crippen LogP contribution is 2.37. The van der Waals surface area contributed by atoms with Crippen LogP contribution in [-0.4, -0.2) is 39.3 Å². The Morgan fingerprint density at radius 3 is 2.37 bits per heavy atom. The largest absolute Gasteiger partial charge is 0.487 e. The van der Waals surface area contributed by atoms with Gasteiger partial charge in [0.05, 0.1) is 22.0 Å². The number of benzene rings is 3. The SMILES string of the molecule is Cc1nc2cc(F)c(N(C)C(=O)c3cccc(-n4nc(C(F)(F)F)c(Cl)c4COc4ccc(C(=O)OC(C)(C)C)cc4)c3)cc2o1. The number of halogens is 5. The number of carbonyl (C=O) groups excluding carboxylic acids is 2. The molecule has 0 N–H and O–H groups in total. The molecule has 0 saturated carbocycles. The zero-order chi connectivity index (χ0) is 33.6. The quantitative estimate of drug-likeness (QED) is 0.129. The zero-order valence-corrected chi connectivity index (χ0v) is 26.0. The fourth-order valence-corrected chi connectivity index (χ4v) is 4.79. The van der Waals surface area contributed by atoms with Crippen molar-refractivity contribution >= 4 is 40.3 Å². The Balaban J connectivity index is 1.43. The van der Waals surface area contributed by atoms with E-state index in [2.05, 4.69) is 10.1 Å². The monoisotopic (exact) mass is 658 g/mol. The highest BCUT2D eigenvalue weighted by molar-refractivity contribution is 6.32. The number of oxazole rings is 1. The lowest BCUT2D eigenvalue weighted by molar-refractivity contribution is -0.141. The van der Waals surface area contributed by atoms with Gasteiger partial charge in [0.15, 0.2) is 17.2 Å². The minimum absolute atomic E-state index is 0.0260. The third-order valence-electron chi connectivity index (χ3n) is 6.62. The van der Waals surface area contributed by atoms with Crippen LogP contribution in [0.1, 0.15) is 58.8 Å². The lowest BCUT2D eigenvalue weighted by atomic mass is 10.1. The van der Waals surface area contributed by atoms with E-state index in [4.69, 9.17) is 25.5 Å². The van der Waals surface area contributed by atoms with Crippen LogP contribution in [0.4, 0.5) is 23.2 Å². The minimum Gasteiger partial charge on any atom is -0.487 e. The van der Waals surface area contributed by atoms with Gasteiger partial charge in [-0.05, 0) is 63.2 Å². The summed E-state index contributed by atoms with van der Waals surface area (Å²) in [6.45, 7) is 6.34. The lowest BCUT2D eigenvalue weighted by Gasteiger charge is -2.19. The number of hydrogen-bond donors (Lipinski definition) is 0. The molecular weight excluding hydrogens is 632 g/mol. The number of rotatable bonds is 7. The van der Waals surface area contributed by atoms with E-state index in [1.165, 1.54) is 61.6 Å². The van der Waals surface area contributed by atoms with Gasteiger partial charge in [-0.2, -0.15) is 18.3 Å². The number of ether oxygens (including phenoxy) is 2. The fourth-order valence-electron chi connectivity index (χ4n) is 4.51. The first kappa shape index (κ1) is 32.5. The highest BCUT2D eigenvalue weighted by Gasteiger charge is 2.39. The van der Waals surface area contributed by atoms with Crippen molar-refractivity contribution in [2.24, 2.45) is 0 Å². The fraction of sp³-hybridized carbons (Fsp3) is 0.250. The average molecular weight is 659 g/mol. The number of nitrogens with zero attached hydrogens (tertiary/aromatic N) is 4. The van der Waals surface area contributed by atoms with Gasteiger partial charge in [-0.3, -0.25) is 4.79 Å². The van der Waals surface area contributed by atoms with E-state index >= 15 is 0 Å². The summed E-state index contributed by atoms with van der Waals surface area (Å²) in [6.07, 6.45) is -4.89. The molecule has 5 aromatic rings. The van der Waals surface area contributed by atoms with Crippen molar-refractivity contribution in [3.8, 4) is 11.4 Å². The number of amides is 1. The summed E-state index contributed by atoms with van der Waals surface area (Å²) < 4.78 is 73.9. The molecule has 0 unspecified atom stereocenters. The summed E-state index contributed by atoms with van der Waals surface area (Å²) in [7, 11) is 1.35. The van der Waals surface area contributed by atoms with Crippen molar-refractivity contribution in [2.45, 2.75) is 46.1 Å². The van der Waals surface area contributed by atoms with E-state index in [1.54, 1.807) is 27.7 Å². The summed E-state index contributed by atoms with van der Waals surface area (Å²) >= 11 is 6.18. The van der Waals surface area contributed by atoms with Crippen molar-refractivity contribution in [3.05, 3.63) is 99.9 Å². The average Bonchev–Trinajstić information content (AvgIpc) is 3.52. The number of carbonyl (C=O) groups is 2. The Hall–Kier alpha value is -4.91. The van der Waals surface area contributed by atoms with E-state index in [0.717, 1.165) is 15.6 Å². The standard InChI is InChI=1S/C32H27ClF4N4O5/c1-17-38-23-14-22(34)24(15-26(23)45-17)40(5)29(42)19-7-6-8-20(13-19)41-25(27(33)28(39-41)32(35,36)37)16-44-21-11-9-18(10-12-21)30(43)46-31(2,3)4/h6-15H,16H2,1-5H3. The highest BCUT2D eigenvalue weighted by atomic mass is 35.5. The number of esters is 1. The smallest absolute Gasteiger partial charge is 0.436 e. The summed E-state index contributed by atoms with van der Waals surface area (Å²) in [6, 6.07) is 13.9. The van der Waals surface area contributed by atoms with Crippen molar-refractivity contribution in [2.75, 3.05) is 11.9 Å². The predicted molar refractivity (Wildman–Crippen MR) is 161 cm³/mol. The number of fused-ring (bicyclic) bond motifs is 1. The van der Waals surface area contributed by atoms with E-state index < -0.39 is 46.8 Å². The molecule has 0 aliphatic carbocycles. The first-order chi connectivity index (χ1) is 21.5. The number of hydrogen-bond acceptors (Lipinski definition) is 7. The maximum absolute atomic E-state index is 14.9. The summed E-state index contributed by atoms with van der Waals surface area (Å²) in [5.74, 6) is -1.38. The van der Waals surface area contributed by atoms with E-state index in [0.29, 0.717) is 5.89 Å². The second-order valence-electron chi connectivity index (χ2n) is 11.3. The van der Waals surface area contributed by atoms with Gasteiger partial charge in [-0.1, -0.05) is 17.7 Å². The Morgan fingerprint density at radius 1 is 1.02 bits per heavy atom. The van der Waals surface area contributed by atoms with Crippen LogP contribution in [0.3, 0.4) is 0 Å². The van der Waals surface area contributed by atoms with Crippen LogP contribution in [0.5, 0.6) is 5.75 Å². The first-order valence-electron chi connectivity index (χ1n) is 13.8. The molecule has 0 bridgehead atoms. The van der Waals surface area contributed by atoms with E-state index in [-0.39, 0.29) is 45.0 Å². The maximum atomic E-state index is 14.9. The molecule has 3 aromatic carbocycles. The molecule has 5 rings (SSSR count). The second-order valence-corrected chi connectivity index (χ2v) is 11.6. The minimum atomic E-state index is -4.89. The summed E-state index contributed by atoms with van der Waals surface area (Å²) in [4.78, 5) is 30.9. The van der Waals surface area contributed by atoms with Crippen LogP contribution in [0, 0.1) is 12.7 Å². The molecule has 240 valence electrons. The van der Waals surface area contributed by atoms with Gasteiger partial charge in [0.1, 0.15) is 35.0 Å². The van der Waals surface area contributed by atoms with E-state index in [1.807, 2.05) is 0 Å². The van der Waals surface area contributed by atoms with E-state index in [9.17, 15) is 27.2 Å². The molecule has 0 aliphatic heterocycles. The summed E-state index contributed by atoms with van der Waals surface area (Å²) in [5.41, 5.74) is -1.38. The Kier molecular flexibility index (Phi) is 8.56. The Morgan fingerprint density at radius 2 is 1.72 bits per heavy atom.